The van der Waals surface area contributed by atoms with E-state index in [2.05, 4.69) is 25.8 Å². The molecule has 0 unspecified atom stereocenters. The number of benzene rings is 1. The molecule has 0 saturated heterocycles. The van der Waals surface area contributed by atoms with Crippen molar-refractivity contribution in [1.29, 1.82) is 0 Å². The highest BCUT2D eigenvalue weighted by Gasteiger charge is 2.16. The van der Waals surface area contributed by atoms with Crippen molar-refractivity contribution in [3.63, 3.8) is 0 Å². The summed E-state index contributed by atoms with van der Waals surface area (Å²) in [5.41, 5.74) is 1.41. The van der Waals surface area contributed by atoms with Crippen LogP contribution in [0.1, 0.15) is 24.3 Å². The van der Waals surface area contributed by atoms with Gasteiger partial charge in [-0.15, -0.1) is 0 Å². The molecular formula is C18H20ClN5O4S2. The van der Waals surface area contributed by atoms with E-state index >= 15 is 0 Å². The maximum absolute atomic E-state index is 12.1. The van der Waals surface area contributed by atoms with Crippen LogP contribution < -0.4 is 10.6 Å². The summed E-state index contributed by atoms with van der Waals surface area (Å²) in [5.74, 6) is 1.10. The van der Waals surface area contributed by atoms with Crippen molar-refractivity contribution in [2.45, 2.75) is 31.6 Å². The van der Waals surface area contributed by atoms with Gasteiger partial charge in [0.1, 0.15) is 0 Å². The van der Waals surface area contributed by atoms with Gasteiger partial charge >= 0.3 is 6.03 Å². The number of anilines is 1. The monoisotopic (exact) mass is 469 g/mol. The first-order valence-corrected chi connectivity index (χ1v) is 12.1. The number of nitrogens with one attached hydrogen (secondary N) is 2. The van der Waals surface area contributed by atoms with Gasteiger partial charge in [0.25, 0.3) is 0 Å². The molecule has 2 N–H and O–H groups in total. The molecule has 1 aromatic carbocycles. The number of nitrogens with zero attached hydrogens (tertiary/aromatic N) is 3. The third-order valence-corrected chi connectivity index (χ3v) is 6.76. The average Bonchev–Trinajstić information content (AvgIpc) is 3.26. The van der Waals surface area contributed by atoms with E-state index in [9.17, 15) is 13.2 Å². The molecule has 3 rings (SSSR count). The van der Waals surface area contributed by atoms with Crippen molar-refractivity contribution in [3.05, 3.63) is 40.6 Å². The zero-order valence-corrected chi connectivity index (χ0v) is 18.9. The second-order valence-electron chi connectivity index (χ2n) is 6.44. The SMILES string of the molecule is CCc1noc(CCNC(=O)Nc2nc(C)c(-c3ccc(S(C)(=O)=O)c(Cl)c3)s2)n1. The zero-order valence-electron chi connectivity index (χ0n) is 16.5. The minimum absolute atomic E-state index is 0.0696. The van der Waals surface area contributed by atoms with Gasteiger partial charge in [0.2, 0.25) is 5.89 Å². The number of halogens is 1. The third-order valence-electron chi connectivity index (χ3n) is 4.06. The molecule has 0 saturated carbocycles. The van der Waals surface area contributed by atoms with Crippen molar-refractivity contribution in [2.24, 2.45) is 0 Å². The van der Waals surface area contributed by atoms with Gasteiger partial charge in [0.05, 0.1) is 20.5 Å². The van der Waals surface area contributed by atoms with Crippen LogP contribution in [0.25, 0.3) is 10.4 Å². The fraction of sp³-hybridized carbons (Fsp3) is 0.333. The molecule has 0 aliphatic rings. The molecule has 0 aliphatic carbocycles. The summed E-state index contributed by atoms with van der Waals surface area (Å²) in [6.45, 7) is 4.06. The van der Waals surface area contributed by atoms with Gasteiger partial charge in [0, 0.05) is 25.6 Å². The summed E-state index contributed by atoms with van der Waals surface area (Å²) in [6.07, 6.45) is 2.22. The van der Waals surface area contributed by atoms with Crippen LogP contribution in [0.2, 0.25) is 5.02 Å². The van der Waals surface area contributed by atoms with Crippen LogP contribution in [0.3, 0.4) is 0 Å². The van der Waals surface area contributed by atoms with Crippen LogP contribution in [0.15, 0.2) is 27.6 Å². The smallest absolute Gasteiger partial charge is 0.321 e. The van der Waals surface area contributed by atoms with E-state index in [0.717, 1.165) is 16.7 Å². The number of amides is 2. The number of urea groups is 1. The molecule has 30 heavy (non-hydrogen) atoms. The van der Waals surface area contributed by atoms with Crippen molar-refractivity contribution in [1.82, 2.24) is 20.4 Å². The Morgan fingerprint density at radius 2 is 2.07 bits per heavy atom. The minimum Gasteiger partial charge on any atom is -0.339 e. The molecule has 0 fully saturated rings. The Hall–Kier alpha value is -2.50. The molecule has 2 aromatic heterocycles. The normalized spacial score (nSPS) is 11.5. The topological polar surface area (TPSA) is 127 Å². The Bertz CT molecular complexity index is 1170. The first kappa shape index (κ1) is 22.2. The van der Waals surface area contributed by atoms with E-state index in [1.165, 1.54) is 17.4 Å². The second-order valence-corrected chi connectivity index (χ2v) is 9.83. The summed E-state index contributed by atoms with van der Waals surface area (Å²) < 4.78 is 28.5. The van der Waals surface area contributed by atoms with Crippen LogP contribution >= 0.6 is 22.9 Å². The first-order valence-electron chi connectivity index (χ1n) is 9.01. The van der Waals surface area contributed by atoms with Gasteiger partial charge in [-0.2, -0.15) is 4.98 Å². The number of carbonyl (C=O) groups is 1. The van der Waals surface area contributed by atoms with E-state index in [1.54, 1.807) is 19.1 Å². The number of hydrogen-bond acceptors (Lipinski definition) is 8. The van der Waals surface area contributed by atoms with E-state index in [0.29, 0.717) is 41.9 Å². The molecule has 3 aromatic rings. The summed E-state index contributed by atoms with van der Waals surface area (Å²) in [7, 11) is -3.41. The molecule has 2 heterocycles. The number of carbonyl (C=O) groups excluding carboxylic acids is 1. The fourth-order valence-corrected chi connectivity index (χ4v) is 4.91. The van der Waals surface area contributed by atoms with Crippen molar-refractivity contribution < 1.29 is 17.7 Å². The molecule has 0 spiro atoms. The lowest BCUT2D eigenvalue weighted by Crippen LogP contribution is -2.30. The quantitative estimate of drug-likeness (QED) is 0.542. The number of sulfone groups is 1. The van der Waals surface area contributed by atoms with Crippen LogP contribution in [-0.4, -0.2) is 42.4 Å². The molecule has 9 nitrogen and oxygen atoms in total. The highest BCUT2D eigenvalue weighted by Crippen LogP contribution is 2.35. The molecule has 0 atom stereocenters. The Morgan fingerprint density at radius 1 is 1.30 bits per heavy atom. The number of aromatic nitrogens is 3. The Balaban J connectivity index is 1.63. The Labute approximate surface area is 182 Å². The minimum atomic E-state index is -3.41. The van der Waals surface area contributed by atoms with Gasteiger partial charge in [-0.25, -0.2) is 18.2 Å². The standard InChI is InChI=1S/C18H20ClN5O4S2/c1-4-14-22-15(28-24-14)7-8-20-17(25)23-18-21-10(2)16(29-18)11-5-6-13(12(19)9-11)30(3,26)27/h5-6,9H,4,7-8H2,1-3H3,(H2,20,21,23,25). The van der Waals surface area contributed by atoms with Crippen molar-refractivity contribution in [3.8, 4) is 10.4 Å². The zero-order chi connectivity index (χ0) is 21.9. The molecule has 0 aliphatic heterocycles. The largest absolute Gasteiger partial charge is 0.339 e. The summed E-state index contributed by atoms with van der Waals surface area (Å²) in [6, 6.07) is 4.31. The molecule has 160 valence electrons. The van der Waals surface area contributed by atoms with Crippen molar-refractivity contribution in [2.75, 3.05) is 18.1 Å². The maximum Gasteiger partial charge on any atom is 0.321 e. The molecular weight excluding hydrogens is 450 g/mol. The van der Waals surface area contributed by atoms with Gasteiger partial charge in [-0.1, -0.05) is 41.1 Å². The fourth-order valence-electron chi connectivity index (χ4n) is 2.62. The van der Waals surface area contributed by atoms with Crippen molar-refractivity contribution >= 4 is 43.9 Å². The Kier molecular flexibility index (Phi) is 6.74. The lowest BCUT2D eigenvalue weighted by Gasteiger charge is -2.05. The summed E-state index contributed by atoms with van der Waals surface area (Å²) in [4.78, 5) is 21.5. The number of rotatable bonds is 7. The highest BCUT2D eigenvalue weighted by atomic mass is 35.5. The average molecular weight is 470 g/mol. The molecule has 2 amide bonds. The predicted molar refractivity (Wildman–Crippen MR) is 115 cm³/mol. The molecule has 0 bridgehead atoms. The predicted octanol–water partition coefficient (Wildman–Crippen LogP) is 3.49. The van der Waals surface area contributed by atoms with E-state index in [-0.39, 0.29) is 9.92 Å². The van der Waals surface area contributed by atoms with Crippen LogP contribution in [0.5, 0.6) is 0 Å². The number of thiazole rings is 1. The van der Waals surface area contributed by atoms with Gasteiger partial charge in [0.15, 0.2) is 20.8 Å². The van der Waals surface area contributed by atoms with E-state index in [1.807, 2.05) is 6.92 Å². The van der Waals surface area contributed by atoms with Crippen LogP contribution in [0.4, 0.5) is 9.93 Å². The lowest BCUT2D eigenvalue weighted by atomic mass is 10.2. The van der Waals surface area contributed by atoms with Gasteiger partial charge < -0.3 is 9.84 Å². The first-order chi connectivity index (χ1) is 14.2. The van der Waals surface area contributed by atoms with E-state index in [4.69, 9.17) is 16.1 Å². The second kappa shape index (κ2) is 9.11. The number of hydrogen-bond donors (Lipinski definition) is 2. The lowest BCUT2D eigenvalue weighted by molar-refractivity contribution is 0.252. The molecule has 0 radical (unpaired) electrons. The summed E-state index contributed by atoms with van der Waals surface area (Å²) in [5, 5.41) is 9.75. The van der Waals surface area contributed by atoms with E-state index < -0.39 is 15.9 Å². The third kappa shape index (κ3) is 5.35. The van der Waals surface area contributed by atoms with Crippen LogP contribution in [-0.2, 0) is 22.7 Å². The highest BCUT2D eigenvalue weighted by molar-refractivity contribution is 7.90. The van der Waals surface area contributed by atoms with Crippen LogP contribution in [0, 0.1) is 6.92 Å². The summed E-state index contributed by atoms with van der Waals surface area (Å²) >= 11 is 7.40. The Morgan fingerprint density at radius 3 is 2.70 bits per heavy atom. The number of aryl methyl sites for hydroxylation is 2. The van der Waals surface area contributed by atoms with Gasteiger partial charge in [-0.3, -0.25) is 5.32 Å². The molecule has 12 heteroatoms. The maximum atomic E-state index is 12.1. The van der Waals surface area contributed by atoms with Gasteiger partial charge in [-0.05, 0) is 24.6 Å².